The highest BCUT2D eigenvalue weighted by atomic mass is 32.2. The molecular weight excluding hydrogens is 455 g/mol. The lowest BCUT2D eigenvalue weighted by Crippen LogP contribution is -2.24. The smallest absolute Gasteiger partial charge is 0.377 e. The number of phosphoric ester groups is 1. The molecule has 2 atom stereocenters. The molecule has 0 aliphatic carbocycles. The minimum absolute atomic E-state index is 0.0326. The lowest BCUT2D eigenvalue weighted by atomic mass is 10.1. The largest absolute Gasteiger partial charge is 0.469 e. The third-order valence-electron chi connectivity index (χ3n) is 6.12. The summed E-state index contributed by atoms with van der Waals surface area (Å²) >= 11 is 2.06. The second-order valence-electron chi connectivity index (χ2n) is 9.40. The van der Waals surface area contributed by atoms with E-state index in [1.54, 1.807) is 0 Å². The van der Waals surface area contributed by atoms with E-state index in [4.69, 9.17) is 14.5 Å². The van der Waals surface area contributed by atoms with Crippen LogP contribution in [0.5, 0.6) is 0 Å². The lowest BCUT2D eigenvalue weighted by molar-refractivity contribution is 0.0521. The molecule has 0 aliphatic heterocycles. The van der Waals surface area contributed by atoms with E-state index in [9.17, 15) is 4.57 Å². The molecule has 33 heavy (non-hydrogen) atoms. The number of ether oxygens (including phenoxy) is 1. The second kappa shape index (κ2) is 24.1. The Hall–Kier alpha value is 0.420. The van der Waals surface area contributed by atoms with Crippen LogP contribution in [0, 0.1) is 0 Å². The Kier molecular flexibility index (Phi) is 24.4. The minimum atomic E-state index is -4.37. The molecule has 0 fully saturated rings. The Balaban J connectivity index is 4.04. The summed E-state index contributed by atoms with van der Waals surface area (Å²) in [5.41, 5.74) is 0. The van der Waals surface area contributed by atoms with Gasteiger partial charge in [0, 0.05) is 11.9 Å². The maximum atomic E-state index is 10.8. The van der Waals surface area contributed by atoms with Gasteiger partial charge in [-0.1, -0.05) is 110 Å². The van der Waals surface area contributed by atoms with Crippen LogP contribution in [0.1, 0.15) is 136 Å². The molecule has 0 aliphatic rings. The van der Waals surface area contributed by atoms with E-state index in [0.29, 0.717) is 18.3 Å². The predicted molar refractivity (Wildman–Crippen MR) is 144 cm³/mol. The van der Waals surface area contributed by atoms with Gasteiger partial charge in [0.05, 0.1) is 12.7 Å². The van der Waals surface area contributed by atoms with Crippen molar-refractivity contribution in [3.8, 4) is 0 Å². The summed E-state index contributed by atoms with van der Waals surface area (Å²) < 4.78 is 21.3. The van der Waals surface area contributed by atoms with Gasteiger partial charge in [-0.15, -0.1) is 0 Å². The van der Waals surface area contributed by atoms with Gasteiger partial charge >= 0.3 is 7.82 Å². The highest BCUT2D eigenvalue weighted by molar-refractivity contribution is 7.99. The predicted octanol–water partition coefficient (Wildman–Crippen LogP) is 8.66. The second-order valence-corrected chi connectivity index (χ2v) is 12.0. The quantitative estimate of drug-likeness (QED) is 0.0895. The first-order valence-electron chi connectivity index (χ1n) is 13.8. The molecule has 0 aromatic heterocycles. The van der Waals surface area contributed by atoms with Crippen LogP contribution in [0.2, 0.25) is 0 Å². The van der Waals surface area contributed by atoms with Crippen molar-refractivity contribution in [2.45, 2.75) is 148 Å². The Morgan fingerprint density at radius 3 is 1.70 bits per heavy atom. The summed E-state index contributed by atoms with van der Waals surface area (Å²) in [6.45, 7) is 7.19. The van der Waals surface area contributed by atoms with Crippen molar-refractivity contribution < 1.29 is 23.6 Å². The number of thioether (sulfide) groups is 1. The molecule has 7 heteroatoms. The van der Waals surface area contributed by atoms with E-state index in [-0.39, 0.29) is 12.7 Å². The van der Waals surface area contributed by atoms with Gasteiger partial charge < -0.3 is 14.5 Å². The van der Waals surface area contributed by atoms with Gasteiger partial charge in [0.15, 0.2) is 0 Å². The highest BCUT2D eigenvalue weighted by Crippen LogP contribution is 2.35. The van der Waals surface area contributed by atoms with Gasteiger partial charge in [0.25, 0.3) is 0 Å². The topological polar surface area (TPSA) is 76.0 Å². The van der Waals surface area contributed by atoms with E-state index >= 15 is 0 Å². The first kappa shape index (κ1) is 33.4. The zero-order chi connectivity index (χ0) is 24.6. The van der Waals surface area contributed by atoms with Crippen LogP contribution in [0.3, 0.4) is 0 Å². The lowest BCUT2D eigenvalue weighted by Gasteiger charge is -2.24. The maximum Gasteiger partial charge on any atom is 0.469 e. The molecular formula is C26H55O5PS. The zero-order valence-corrected chi connectivity index (χ0v) is 23.7. The van der Waals surface area contributed by atoms with Gasteiger partial charge in [-0.05, 0) is 31.9 Å². The summed E-state index contributed by atoms with van der Waals surface area (Å²) in [5.74, 6) is 1.20. The van der Waals surface area contributed by atoms with Crippen LogP contribution in [-0.2, 0) is 13.8 Å². The fraction of sp³-hybridized carbons (Fsp3) is 1.00. The van der Waals surface area contributed by atoms with Crippen LogP contribution < -0.4 is 0 Å². The fourth-order valence-corrected chi connectivity index (χ4v) is 5.75. The fourth-order valence-electron chi connectivity index (χ4n) is 4.02. The Bertz CT molecular complexity index is 446. The minimum Gasteiger partial charge on any atom is -0.377 e. The molecule has 200 valence electrons. The standard InChI is InChI=1S/C26H55O5PS/c1-4-6-8-10-12-13-14-15-17-19-24-33-26(21-18-16-11-9-7-5-2)25(3)30-22-20-23-31-32(27,28)29/h25-26H,4-24H2,1-3H3,(H2,27,28,29). The Morgan fingerprint density at radius 2 is 1.18 bits per heavy atom. The van der Waals surface area contributed by atoms with Crippen LogP contribution in [-0.4, -0.2) is 40.1 Å². The summed E-state index contributed by atoms with van der Waals surface area (Å²) in [4.78, 5) is 17.5. The number of rotatable bonds is 26. The van der Waals surface area contributed by atoms with E-state index in [2.05, 4.69) is 37.1 Å². The van der Waals surface area contributed by atoms with Crippen molar-refractivity contribution in [2.75, 3.05) is 19.0 Å². The molecule has 2 N–H and O–H groups in total. The van der Waals surface area contributed by atoms with Gasteiger partial charge in [-0.2, -0.15) is 11.8 Å². The molecule has 0 aromatic carbocycles. The average molecular weight is 511 g/mol. The molecule has 0 radical (unpaired) electrons. The van der Waals surface area contributed by atoms with Crippen molar-refractivity contribution >= 4 is 19.6 Å². The molecule has 0 rings (SSSR count). The van der Waals surface area contributed by atoms with Crippen molar-refractivity contribution in [1.29, 1.82) is 0 Å². The Morgan fingerprint density at radius 1 is 0.697 bits per heavy atom. The maximum absolute atomic E-state index is 10.8. The van der Waals surface area contributed by atoms with Gasteiger partial charge in [0.1, 0.15) is 0 Å². The number of hydrogen-bond donors (Lipinski definition) is 2. The van der Waals surface area contributed by atoms with Crippen molar-refractivity contribution in [3.05, 3.63) is 0 Å². The number of phosphoric acid groups is 1. The van der Waals surface area contributed by atoms with Crippen LogP contribution in [0.25, 0.3) is 0 Å². The zero-order valence-electron chi connectivity index (χ0n) is 22.0. The molecule has 0 spiro atoms. The van der Waals surface area contributed by atoms with E-state index in [0.717, 1.165) is 0 Å². The third-order valence-corrected chi connectivity index (χ3v) is 8.21. The summed E-state index contributed by atoms with van der Waals surface area (Å²) in [6.07, 6.45) is 23.4. The normalized spacial score (nSPS) is 14.0. The summed E-state index contributed by atoms with van der Waals surface area (Å²) in [6, 6.07) is 0. The first-order chi connectivity index (χ1) is 15.9. The van der Waals surface area contributed by atoms with Crippen LogP contribution in [0.4, 0.5) is 0 Å². The monoisotopic (exact) mass is 510 g/mol. The van der Waals surface area contributed by atoms with E-state index in [1.807, 2.05) is 0 Å². The van der Waals surface area contributed by atoms with Crippen LogP contribution in [0.15, 0.2) is 0 Å². The van der Waals surface area contributed by atoms with Crippen molar-refractivity contribution in [1.82, 2.24) is 0 Å². The van der Waals surface area contributed by atoms with Gasteiger partial charge in [-0.3, -0.25) is 4.52 Å². The molecule has 5 nitrogen and oxygen atoms in total. The summed E-state index contributed by atoms with van der Waals surface area (Å²) in [5, 5.41) is 0.498. The molecule has 0 bridgehead atoms. The number of hydrogen-bond acceptors (Lipinski definition) is 4. The molecule has 2 unspecified atom stereocenters. The van der Waals surface area contributed by atoms with Crippen molar-refractivity contribution in [3.63, 3.8) is 0 Å². The first-order valence-corrected chi connectivity index (χ1v) is 16.4. The molecule has 0 saturated heterocycles. The van der Waals surface area contributed by atoms with E-state index in [1.165, 1.54) is 115 Å². The van der Waals surface area contributed by atoms with Crippen LogP contribution >= 0.6 is 19.6 Å². The average Bonchev–Trinajstić information content (AvgIpc) is 2.77. The molecule has 0 heterocycles. The molecule has 0 aromatic rings. The van der Waals surface area contributed by atoms with Crippen molar-refractivity contribution in [2.24, 2.45) is 0 Å². The number of unbranched alkanes of at least 4 members (excludes halogenated alkanes) is 14. The third kappa shape index (κ3) is 25.3. The Labute approximate surface area is 209 Å². The van der Waals surface area contributed by atoms with Gasteiger partial charge in [-0.25, -0.2) is 4.57 Å². The van der Waals surface area contributed by atoms with E-state index < -0.39 is 7.82 Å². The molecule has 0 amide bonds. The highest BCUT2D eigenvalue weighted by Gasteiger charge is 2.18. The molecule has 0 saturated carbocycles. The SMILES string of the molecule is CCCCCCCCCCCCSC(CCCCCCCC)C(C)OCCCOP(=O)(O)O. The van der Waals surface area contributed by atoms with Gasteiger partial charge in [0.2, 0.25) is 0 Å². The summed E-state index contributed by atoms with van der Waals surface area (Å²) in [7, 11) is -4.37.